The molecule has 0 saturated carbocycles. The molecular weight excluding hydrogens is 352 g/mol. The lowest BCUT2D eigenvalue weighted by Crippen LogP contribution is -2.24. The van der Waals surface area contributed by atoms with Crippen LogP contribution in [0.2, 0.25) is 5.02 Å². The summed E-state index contributed by atoms with van der Waals surface area (Å²) < 4.78 is 6.58. The zero-order valence-electron chi connectivity index (χ0n) is 12.1. The van der Waals surface area contributed by atoms with Gasteiger partial charge in [-0.15, -0.1) is 0 Å². The Kier molecular flexibility index (Phi) is 5.07. The maximum atomic E-state index is 12.5. The van der Waals surface area contributed by atoms with E-state index >= 15 is 0 Å². The molecular formula is C17H16BrClO2. The third kappa shape index (κ3) is 3.86. The Hall–Kier alpha value is -1.32. The van der Waals surface area contributed by atoms with E-state index < -0.39 is 6.10 Å². The molecule has 0 fully saturated rings. The first-order chi connectivity index (χ1) is 9.88. The van der Waals surface area contributed by atoms with Gasteiger partial charge in [0.2, 0.25) is 5.78 Å². The van der Waals surface area contributed by atoms with Gasteiger partial charge in [0.05, 0.1) is 5.02 Å². The van der Waals surface area contributed by atoms with E-state index in [9.17, 15) is 4.79 Å². The van der Waals surface area contributed by atoms with E-state index in [1.165, 1.54) is 0 Å². The third-order valence-electron chi connectivity index (χ3n) is 3.22. The van der Waals surface area contributed by atoms with E-state index in [4.69, 9.17) is 16.3 Å². The van der Waals surface area contributed by atoms with Gasteiger partial charge in [-0.1, -0.05) is 45.2 Å². The number of carbonyl (C=O) groups excluding carboxylic acids is 1. The van der Waals surface area contributed by atoms with Crippen molar-refractivity contribution in [2.24, 2.45) is 0 Å². The van der Waals surface area contributed by atoms with Gasteiger partial charge < -0.3 is 4.74 Å². The van der Waals surface area contributed by atoms with Crippen LogP contribution in [-0.2, 0) is 0 Å². The fourth-order valence-corrected chi connectivity index (χ4v) is 2.53. The van der Waals surface area contributed by atoms with Crippen molar-refractivity contribution in [3.63, 3.8) is 0 Å². The Labute approximate surface area is 138 Å². The number of ketones is 1. The molecule has 0 aliphatic rings. The van der Waals surface area contributed by atoms with Crippen molar-refractivity contribution in [2.45, 2.75) is 26.9 Å². The van der Waals surface area contributed by atoms with Crippen molar-refractivity contribution < 1.29 is 9.53 Å². The van der Waals surface area contributed by atoms with Crippen LogP contribution in [0, 0.1) is 13.8 Å². The highest BCUT2D eigenvalue weighted by Crippen LogP contribution is 2.29. The third-order valence-corrected chi connectivity index (χ3v) is 4.03. The molecule has 4 heteroatoms. The Bertz CT molecular complexity index is 682. The lowest BCUT2D eigenvalue weighted by Gasteiger charge is -2.16. The molecule has 2 aromatic rings. The molecule has 0 aromatic heterocycles. The molecule has 1 atom stereocenters. The number of Topliss-reactive ketones (excluding diaryl/α,β-unsaturated/α-hetero) is 1. The topological polar surface area (TPSA) is 26.3 Å². The number of carbonyl (C=O) groups is 1. The summed E-state index contributed by atoms with van der Waals surface area (Å²) in [5.74, 6) is 0.449. The number of benzene rings is 2. The number of hydrogen-bond acceptors (Lipinski definition) is 2. The highest BCUT2D eigenvalue weighted by atomic mass is 79.9. The van der Waals surface area contributed by atoms with Gasteiger partial charge in [-0.3, -0.25) is 4.79 Å². The zero-order chi connectivity index (χ0) is 15.6. The molecule has 0 bridgehead atoms. The Morgan fingerprint density at radius 3 is 2.62 bits per heavy atom. The Balaban J connectivity index is 2.23. The maximum Gasteiger partial charge on any atom is 0.203 e. The highest BCUT2D eigenvalue weighted by molar-refractivity contribution is 9.10. The molecule has 0 heterocycles. The lowest BCUT2D eigenvalue weighted by atomic mass is 9.99. The number of rotatable bonds is 4. The zero-order valence-corrected chi connectivity index (χ0v) is 14.5. The van der Waals surface area contributed by atoms with Crippen LogP contribution in [0.3, 0.4) is 0 Å². The van der Waals surface area contributed by atoms with Crippen LogP contribution in [0.15, 0.2) is 40.9 Å². The molecule has 0 aliphatic heterocycles. The van der Waals surface area contributed by atoms with Crippen LogP contribution >= 0.6 is 27.5 Å². The summed E-state index contributed by atoms with van der Waals surface area (Å²) in [6.07, 6.45) is -0.600. The maximum absolute atomic E-state index is 12.5. The average Bonchev–Trinajstić information content (AvgIpc) is 2.44. The van der Waals surface area contributed by atoms with Gasteiger partial charge in [0.25, 0.3) is 0 Å². The van der Waals surface area contributed by atoms with E-state index in [1.807, 2.05) is 38.1 Å². The van der Waals surface area contributed by atoms with E-state index in [-0.39, 0.29) is 5.78 Å². The van der Waals surface area contributed by atoms with Crippen LogP contribution in [0.25, 0.3) is 0 Å². The van der Waals surface area contributed by atoms with Crippen molar-refractivity contribution in [3.8, 4) is 5.75 Å². The molecule has 21 heavy (non-hydrogen) atoms. The molecule has 0 N–H and O–H groups in total. The smallest absolute Gasteiger partial charge is 0.203 e. The summed E-state index contributed by atoms with van der Waals surface area (Å²) >= 11 is 9.46. The predicted molar refractivity (Wildman–Crippen MR) is 89.5 cm³/mol. The first-order valence-electron chi connectivity index (χ1n) is 6.61. The summed E-state index contributed by atoms with van der Waals surface area (Å²) in [4.78, 5) is 12.5. The molecule has 110 valence electrons. The number of ether oxygens (including phenoxy) is 1. The summed E-state index contributed by atoms with van der Waals surface area (Å²) in [5, 5.41) is 0.485. The second-order valence-corrected chi connectivity index (χ2v) is 6.34. The van der Waals surface area contributed by atoms with Crippen LogP contribution in [-0.4, -0.2) is 11.9 Å². The predicted octanol–water partition coefficient (Wildman–Crippen LogP) is 5.37. The Morgan fingerprint density at radius 1 is 1.19 bits per heavy atom. The van der Waals surface area contributed by atoms with E-state index in [0.717, 1.165) is 15.6 Å². The fraction of sp³-hybridized carbons (Fsp3) is 0.235. The standard InChI is InChI=1S/C17H16BrClO2/c1-10-4-5-11(2)14(8-10)17(20)12(3)21-16-9-13(18)6-7-15(16)19/h4-9,12H,1-3H3. The van der Waals surface area contributed by atoms with E-state index in [0.29, 0.717) is 16.3 Å². The second-order valence-electron chi connectivity index (χ2n) is 5.02. The molecule has 0 spiro atoms. The van der Waals surface area contributed by atoms with Crippen LogP contribution < -0.4 is 4.74 Å². The largest absolute Gasteiger partial charge is 0.481 e. The van der Waals surface area contributed by atoms with Gasteiger partial charge in [0.15, 0.2) is 6.10 Å². The number of aryl methyl sites for hydroxylation is 2. The molecule has 2 rings (SSSR count). The van der Waals surface area contributed by atoms with Gasteiger partial charge in [-0.25, -0.2) is 0 Å². The van der Waals surface area contributed by atoms with Gasteiger partial charge in [-0.05, 0) is 50.6 Å². The molecule has 0 radical (unpaired) electrons. The van der Waals surface area contributed by atoms with Crippen molar-refractivity contribution in [3.05, 3.63) is 62.6 Å². The summed E-state index contributed by atoms with van der Waals surface area (Å²) in [6, 6.07) is 11.1. The summed E-state index contributed by atoms with van der Waals surface area (Å²) in [7, 11) is 0. The molecule has 2 aromatic carbocycles. The summed E-state index contributed by atoms with van der Waals surface area (Å²) in [5.41, 5.74) is 2.69. The highest BCUT2D eigenvalue weighted by Gasteiger charge is 2.20. The first-order valence-corrected chi connectivity index (χ1v) is 7.78. The van der Waals surface area contributed by atoms with Crippen molar-refractivity contribution in [1.29, 1.82) is 0 Å². The lowest BCUT2D eigenvalue weighted by molar-refractivity contribution is 0.0817. The van der Waals surface area contributed by atoms with Crippen molar-refractivity contribution in [1.82, 2.24) is 0 Å². The van der Waals surface area contributed by atoms with Gasteiger partial charge in [0, 0.05) is 10.0 Å². The van der Waals surface area contributed by atoms with Gasteiger partial charge in [0.1, 0.15) is 5.75 Å². The molecule has 0 aliphatic carbocycles. The van der Waals surface area contributed by atoms with Crippen LogP contribution in [0.1, 0.15) is 28.4 Å². The monoisotopic (exact) mass is 366 g/mol. The summed E-state index contributed by atoms with van der Waals surface area (Å²) in [6.45, 7) is 5.62. The van der Waals surface area contributed by atoms with E-state index in [2.05, 4.69) is 15.9 Å². The normalized spacial score (nSPS) is 12.0. The van der Waals surface area contributed by atoms with Gasteiger partial charge >= 0.3 is 0 Å². The van der Waals surface area contributed by atoms with Crippen LogP contribution in [0.5, 0.6) is 5.75 Å². The van der Waals surface area contributed by atoms with Crippen molar-refractivity contribution in [2.75, 3.05) is 0 Å². The molecule has 1 unspecified atom stereocenters. The minimum atomic E-state index is -0.600. The van der Waals surface area contributed by atoms with Gasteiger partial charge in [-0.2, -0.15) is 0 Å². The Morgan fingerprint density at radius 2 is 1.90 bits per heavy atom. The first kappa shape index (κ1) is 16.1. The molecule has 2 nitrogen and oxygen atoms in total. The molecule has 0 amide bonds. The minimum Gasteiger partial charge on any atom is -0.481 e. The van der Waals surface area contributed by atoms with Crippen LogP contribution in [0.4, 0.5) is 0 Å². The number of hydrogen-bond donors (Lipinski definition) is 0. The minimum absolute atomic E-state index is 0.0488. The average molecular weight is 368 g/mol. The second kappa shape index (κ2) is 6.63. The van der Waals surface area contributed by atoms with Crippen molar-refractivity contribution >= 4 is 33.3 Å². The number of halogens is 2. The fourth-order valence-electron chi connectivity index (χ4n) is 2.03. The molecule has 0 saturated heterocycles. The quantitative estimate of drug-likeness (QED) is 0.679. The van der Waals surface area contributed by atoms with E-state index in [1.54, 1.807) is 19.1 Å². The SMILES string of the molecule is Cc1ccc(C)c(C(=O)C(C)Oc2cc(Br)ccc2Cl)c1.